The van der Waals surface area contributed by atoms with E-state index in [0.29, 0.717) is 6.42 Å². The molecule has 0 unspecified atom stereocenters. The maximum Gasteiger partial charge on any atom is 0.115 e. The highest BCUT2D eigenvalue weighted by Gasteiger charge is 1.87. The zero-order chi connectivity index (χ0) is 5.82. The highest BCUT2D eigenvalue weighted by atomic mass is 16.3. The number of hydrogen-bond acceptors (Lipinski definition) is 1. The lowest BCUT2D eigenvalue weighted by Crippen LogP contribution is -1.70. The minimum absolute atomic E-state index is 0.479. The minimum Gasteiger partial charge on any atom is -0.468 e. The zero-order valence-corrected chi connectivity index (χ0v) is 4.35. The molecule has 1 aromatic rings. The largest absolute Gasteiger partial charge is 0.468 e. The van der Waals surface area contributed by atoms with Crippen molar-refractivity contribution in [1.82, 2.24) is 0 Å². The predicted molar refractivity (Wildman–Crippen MR) is 29.5 cm³/mol. The number of furan rings is 1. The normalized spacial score (nSPS) is 8.38. The van der Waals surface area contributed by atoms with Gasteiger partial charge in [-0.2, -0.15) is 0 Å². The van der Waals surface area contributed by atoms with Crippen LogP contribution in [0.1, 0.15) is 5.76 Å². The van der Waals surface area contributed by atoms with Gasteiger partial charge in [-0.15, -0.1) is 0 Å². The van der Waals surface area contributed by atoms with Gasteiger partial charge in [0, 0.05) is 0 Å². The Labute approximate surface area is 48.3 Å². The maximum atomic E-state index is 6.57. The van der Waals surface area contributed by atoms with E-state index in [2.05, 4.69) is 5.92 Å². The van der Waals surface area contributed by atoms with E-state index in [9.17, 15) is 0 Å². The summed E-state index contributed by atoms with van der Waals surface area (Å²) in [5.74, 6) is 3.02. The lowest BCUT2D eigenvalue weighted by atomic mass is 10.3. The Balaban J connectivity index is 2.67. The molecular formula is C7H5O. The molecule has 1 rings (SSSR count). The van der Waals surface area contributed by atoms with E-state index in [1.807, 2.05) is 6.07 Å². The lowest BCUT2D eigenvalue weighted by Gasteiger charge is -1.79. The fourth-order valence-electron chi connectivity index (χ4n) is 0.500. The van der Waals surface area contributed by atoms with Gasteiger partial charge in [0.25, 0.3) is 0 Å². The summed E-state index contributed by atoms with van der Waals surface area (Å²) in [4.78, 5) is 0. The lowest BCUT2D eigenvalue weighted by molar-refractivity contribution is 0.525. The molecule has 1 nitrogen and oxygen atoms in total. The third kappa shape index (κ3) is 0.913. The minimum atomic E-state index is 0.479. The van der Waals surface area contributed by atoms with Gasteiger partial charge in [-0.1, -0.05) is 5.92 Å². The molecule has 1 radical (unpaired) electrons. The highest BCUT2D eigenvalue weighted by molar-refractivity contribution is 5.04. The number of hydrogen-bond donors (Lipinski definition) is 0. The standard InChI is InChI=1S/C7H5O/c1-2-4-7-5-3-6-8-7/h3,5-6H,4H2. The molecule has 0 aliphatic carbocycles. The average molecular weight is 105 g/mol. The Morgan fingerprint density at radius 1 is 1.75 bits per heavy atom. The molecule has 1 heterocycles. The van der Waals surface area contributed by atoms with Crippen LogP contribution in [-0.2, 0) is 6.42 Å². The Morgan fingerprint density at radius 2 is 2.62 bits per heavy atom. The summed E-state index contributed by atoms with van der Waals surface area (Å²) in [7, 11) is 0. The third-order valence-corrected chi connectivity index (χ3v) is 0.843. The van der Waals surface area contributed by atoms with Crippen molar-refractivity contribution in [2.75, 3.05) is 0 Å². The molecule has 1 heteroatoms. The van der Waals surface area contributed by atoms with Crippen LogP contribution in [0.2, 0.25) is 0 Å². The summed E-state index contributed by atoms with van der Waals surface area (Å²) in [6, 6.07) is 3.62. The summed E-state index contributed by atoms with van der Waals surface area (Å²) in [6.45, 7) is 0. The van der Waals surface area contributed by atoms with Gasteiger partial charge >= 0.3 is 0 Å². The van der Waals surface area contributed by atoms with E-state index in [0.717, 1.165) is 5.76 Å². The van der Waals surface area contributed by atoms with E-state index in [1.54, 1.807) is 12.3 Å². The molecule has 0 aliphatic heterocycles. The van der Waals surface area contributed by atoms with Gasteiger partial charge in [0.2, 0.25) is 0 Å². The molecule has 0 N–H and O–H groups in total. The predicted octanol–water partition coefficient (Wildman–Crippen LogP) is 1.41. The second-order valence-electron chi connectivity index (χ2n) is 1.43. The molecule has 0 bridgehead atoms. The smallest absolute Gasteiger partial charge is 0.115 e. The van der Waals surface area contributed by atoms with Gasteiger partial charge < -0.3 is 4.42 Å². The fourth-order valence-corrected chi connectivity index (χ4v) is 0.500. The van der Waals surface area contributed by atoms with E-state index in [4.69, 9.17) is 10.8 Å². The van der Waals surface area contributed by atoms with Crippen molar-refractivity contribution in [2.45, 2.75) is 6.42 Å². The second kappa shape index (κ2) is 2.23. The van der Waals surface area contributed by atoms with Gasteiger partial charge in [-0.3, -0.25) is 0 Å². The molecule has 1 aromatic heterocycles. The monoisotopic (exact) mass is 105 g/mol. The summed E-state index contributed by atoms with van der Waals surface area (Å²) in [6.07, 6.45) is 8.64. The molecule has 0 aromatic carbocycles. The van der Waals surface area contributed by atoms with Crippen LogP contribution in [0.5, 0.6) is 0 Å². The van der Waals surface area contributed by atoms with Gasteiger partial charge in [0.15, 0.2) is 0 Å². The third-order valence-electron chi connectivity index (χ3n) is 0.843. The molecule has 0 saturated heterocycles. The topological polar surface area (TPSA) is 13.1 Å². The van der Waals surface area contributed by atoms with Gasteiger partial charge in [0.05, 0.1) is 12.7 Å². The van der Waals surface area contributed by atoms with Crippen LogP contribution in [0.25, 0.3) is 0 Å². The van der Waals surface area contributed by atoms with Crippen molar-refractivity contribution >= 4 is 0 Å². The first-order valence-electron chi connectivity index (χ1n) is 2.35. The summed E-state index contributed by atoms with van der Waals surface area (Å²) < 4.78 is 4.89. The molecule has 0 aliphatic rings. The number of rotatable bonds is 1. The van der Waals surface area contributed by atoms with Gasteiger partial charge in [0.1, 0.15) is 5.76 Å². The van der Waals surface area contributed by atoms with Crippen LogP contribution in [0.3, 0.4) is 0 Å². The average Bonchev–Trinajstić information content (AvgIpc) is 2.19. The SMILES string of the molecule is [C]#CCc1ccco1. The Kier molecular flexibility index (Phi) is 1.39. The van der Waals surface area contributed by atoms with Crippen LogP contribution < -0.4 is 0 Å². The van der Waals surface area contributed by atoms with Crippen LogP contribution in [0, 0.1) is 12.3 Å². The first-order chi connectivity index (χ1) is 3.93. The van der Waals surface area contributed by atoms with E-state index < -0.39 is 0 Å². The van der Waals surface area contributed by atoms with Crippen LogP contribution in [0.15, 0.2) is 22.8 Å². The summed E-state index contributed by atoms with van der Waals surface area (Å²) >= 11 is 0. The molecule has 0 spiro atoms. The van der Waals surface area contributed by atoms with Crippen LogP contribution in [0.4, 0.5) is 0 Å². The fraction of sp³-hybridized carbons (Fsp3) is 0.143. The molecule has 0 saturated carbocycles. The maximum absolute atomic E-state index is 6.57. The molecule has 0 atom stereocenters. The quantitative estimate of drug-likeness (QED) is 0.492. The first kappa shape index (κ1) is 4.99. The highest BCUT2D eigenvalue weighted by Crippen LogP contribution is 1.98. The Morgan fingerprint density at radius 3 is 3.12 bits per heavy atom. The van der Waals surface area contributed by atoms with Crippen molar-refractivity contribution < 1.29 is 4.42 Å². The van der Waals surface area contributed by atoms with Crippen molar-refractivity contribution in [2.24, 2.45) is 0 Å². The van der Waals surface area contributed by atoms with E-state index in [1.165, 1.54) is 0 Å². The zero-order valence-electron chi connectivity index (χ0n) is 4.35. The molecule has 0 fully saturated rings. The molecule has 8 heavy (non-hydrogen) atoms. The van der Waals surface area contributed by atoms with Crippen LogP contribution >= 0.6 is 0 Å². The first-order valence-corrected chi connectivity index (χ1v) is 2.35. The van der Waals surface area contributed by atoms with Gasteiger partial charge in [-0.25, -0.2) is 0 Å². The van der Waals surface area contributed by atoms with E-state index >= 15 is 0 Å². The van der Waals surface area contributed by atoms with Gasteiger partial charge in [-0.05, 0) is 18.6 Å². The summed E-state index contributed by atoms with van der Waals surface area (Å²) in [5, 5.41) is 0. The Bertz CT molecular complexity index is 179. The molecule has 39 valence electrons. The summed E-state index contributed by atoms with van der Waals surface area (Å²) in [5.41, 5.74) is 0. The van der Waals surface area contributed by atoms with Crippen molar-refractivity contribution in [1.29, 1.82) is 0 Å². The Hall–Kier alpha value is -1.16. The van der Waals surface area contributed by atoms with Crippen molar-refractivity contribution in [3.8, 4) is 5.92 Å². The van der Waals surface area contributed by atoms with E-state index in [-0.39, 0.29) is 0 Å². The van der Waals surface area contributed by atoms with Crippen LogP contribution in [-0.4, -0.2) is 0 Å². The van der Waals surface area contributed by atoms with Crippen molar-refractivity contribution in [3.63, 3.8) is 0 Å². The molecular weight excluding hydrogens is 100 g/mol. The molecule has 0 amide bonds. The second-order valence-corrected chi connectivity index (χ2v) is 1.43. The van der Waals surface area contributed by atoms with Crippen molar-refractivity contribution in [3.05, 3.63) is 30.6 Å².